The van der Waals surface area contributed by atoms with Crippen LogP contribution in [0.2, 0.25) is 0 Å². The van der Waals surface area contributed by atoms with E-state index in [9.17, 15) is 0 Å². The highest BCUT2D eigenvalue weighted by Gasteiger charge is 1.83. The molecule has 0 aromatic rings. The third-order valence-electron chi connectivity index (χ3n) is 1.02. The van der Waals surface area contributed by atoms with E-state index >= 15 is 0 Å². The average Bonchev–Trinajstić information content (AvgIpc) is 1.80. The van der Waals surface area contributed by atoms with Gasteiger partial charge in [0.2, 0.25) is 0 Å². The van der Waals surface area contributed by atoms with Crippen LogP contribution in [0, 0.1) is 0 Å². The highest BCUT2D eigenvalue weighted by Crippen LogP contribution is 1.78. The van der Waals surface area contributed by atoms with Crippen LogP contribution < -0.4 is 0 Å². The SMILES string of the molecule is CCN=CCCN(C)C. The summed E-state index contributed by atoms with van der Waals surface area (Å²) in [5.74, 6) is 0. The Labute approximate surface area is 57.6 Å². The summed E-state index contributed by atoms with van der Waals surface area (Å²) in [6, 6.07) is 0. The minimum Gasteiger partial charge on any atom is -0.309 e. The van der Waals surface area contributed by atoms with Crippen LogP contribution >= 0.6 is 0 Å². The third kappa shape index (κ3) is 7.63. The Bertz CT molecular complexity index is 77.0. The predicted molar refractivity (Wildman–Crippen MR) is 42.2 cm³/mol. The van der Waals surface area contributed by atoms with Crippen molar-refractivity contribution in [3.63, 3.8) is 0 Å². The van der Waals surface area contributed by atoms with Gasteiger partial charge in [-0.2, -0.15) is 0 Å². The van der Waals surface area contributed by atoms with E-state index in [1.165, 1.54) is 0 Å². The van der Waals surface area contributed by atoms with E-state index < -0.39 is 0 Å². The van der Waals surface area contributed by atoms with E-state index in [4.69, 9.17) is 0 Å². The molecule has 0 spiro atoms. The van der Waals surface area contributed by atoms with Crippen LogP contribution in [0.15, 0.2) is 4.99 Å². The molecule has 0 radical (unpaired) electrons. The van der Waals surface area contributed by atoms with Crippen molar-refractivity contribution in [2.75, 3.05) is 27.2 Å². The Kier molecular flexibility index (Phi) is 5.52. The van der Waals surface area contributed by atoms with E-state index in [2.05, 4.69) is 24.0 Å². The molecule has 0 aromatic carbocycles. The molecule has 2 heteroatoms. The number of hydrogen-bond donors (Lipinski definition) is 0. The van der Waals surface area contributed by atoms with Gasteiger partial charge >= 0.3 is 0 Å². The predicted octanol–water partition coefficient (Wildman–Crippen LogP) is 1.03. The first-order valence-corrected chi connectivity index (χ1v) is 3.40. The van der Waals surface area contributed by atoms with E-state index in [-0.39, 0.29) is 0 Å². The van der Waals surface area contributed by atoms with Gasteiger partial charge in [0.1, 0.15) is 0 Å². The quantitative estimate of drug-likeness (QED) is 0.516. The summed E-state index contributed by atoms with van der Waals surface area (Å²) >= 11 is 0. The number of nitrogens with zero attached hydrogens (tertiary/aromatic N) is 2. The molecular formula is C7H16N2. The monoisotopic (exact) mass is 128 g/mol. The Morgan fingerprint density at radius 1 is 1.44 bits per heavy atom. The molecule has 0 amide bonds. The van der Waals surface area contributed by atoms with Crippen molar-refractivity contribution in [2.24, 2.45) is 4.99 Å². The second-order valence-corrected chi connectivity index (χ2v) is 2.27. The minimum atomic E-state index is 0.910. The van der Waals surface area contributed by atoms with Crippen molar-refractivity contribution >= 4 is 6.21 Å². The van der Waals surface area contributed by atoms with E-state index in [1.54, 1.807) is 0 Å². The van der Waals surface area contributed by atoms with Gasteiger partial charge in [-0.25, -0.2) is 0 Å². The summed E-state index contributed by atoms with van der Waals surface area (Å²) in [6.45, 7) is 4.06. The highest BCUT2D eigenvalue weighted by molar-refractivity contribution is 5.57. The van der Waals surface area contributed by atoms with E-state index in [0.29, 0.717) is 0 Å². The first kappa shape index (κ1) is 8.63. The van der Waals surface area contributed by atoms with Crippen molar-refractivity contribution in [3.8, 4) is 0 Å². The molecule has 0 saturated heterocycles. The molecule has 54 valence electrons. The summed E-state index contributed by atoms with van der Waals surface area (Å²) in [6.07, 6.45) is 3.06. The van der Waals surface area contributed by atoms with Gasteiger partial charge in [-0.3, -0.25) is 4.99 Å². The second kappa shape index (κ2) is 5.76. The molecule has 0 atom stereocenters. The van der Waals surface area contributed by atoms with Crippen molar-refractivity contribution in [1.82, 2.24) is 4.90 Å². The van der Waals surface area contributed by atoms with Crippen LogP contribution in [0.5, 0.6) is 0 Å². The molecular weight excluding hydrogens is 112 g/mol. The molecule has 9 heavy (non-hydrogen) atoms. The summed E-state index contributed by atoms with van der Waals surface area (Å²) in [4.78, 5) is 6.25. The lowest BCUT2D eigenvalue weighted by Gasteiger charge is -2.04. The van der Waals surface area contributed by atoms with Crippen molar-refractivity contribution in [2.45, 2.75) is 13.3 Å². The molecule has 0 fully saturated rings. The summed E-state index contributed by atoms with van der Waals surface area (Å²) < 4.78 is 0. The van der Waals surface area contributed by atoms with Gasteiger partial charge in [0.05, 0.1) is 0 Å². The van der Waals surface area contributed by atoms with Gasteiger partial charge in [0.25, 0.3) is 0 Å². The van der Waals surface area contributed by atoms with Crippen molar-refractivity contribution < 1.29 is 0 Å². The fourth-order valence-corrected chi connectivity index (χ4v) is 0.536. The van der Waals surface area contributed by atoms with Gasteiger partial charge in [-0.05, 0) is 33.7 Å². The Morgan fingerprint density at radius 3 is 2.56 bits per heavy atom. The maximum absolute atomic E-state index is 4.09. The zero-order valence-electron chi connectivity index (χ0n) is 6.59. The van der Waals surface area contributed by atoms with Crippen LogP contribution in [0.1, 0.15) is 13.3 Å². The zero-order valence-corrected chi connectivity index (χ0v) is 6.59. The lowest BCUT2D eigenvalue weighted by molar-refractivity contribution is 0.423. The summed E-state index contributed by atoms with van der Waals surface area (Å²) in [7, 11) is 4.14. The van der Waals surface area contributed by atoms with E-state index in [1.807, 2.05) is 13.1 Å². The lowest BCUT2D eigenvalue weighted by Crippen LogP contribution is -2.12. The summed E-state index contributed by atoms with van der Waals surface area (Å²) in [5, 5.41) is 0. The third-order valence-corrected chi connectivity index (χ3v) is 1.02. The van der Waals surface area contributed by atoms with Crippen molar-refractivity contribution in [3.05, 3.63) is 0 Å². The van der Waals surface area contributed by atoms with Crippen LogP contribution in [0.25, 0.3) is 0 Å². The average molecular weight is 128 g/mol. The number of hydrogen-bond acceptors (Lipinski definition) is 2. The summed E-state index contributed by atoms with van der Waals surface area (Å²) in [5.41, 5.74) is 0. The molecule has 0 bridgehead atoms. The fourth-order valence-electron chi connectivity index (χ4n) is 0.536. The molecule has 0 N–H and O–H groups in total. The molecule has 0 aromatic heterocycles. The first-order chi connectivity index (χ1) is 4.27. The van der Waals surface area contributed by atoms with Crippen LogP contribution in [-0.4, -0.2) is 38.3 Å². The highest BCUT2D eigenvalue weighted by atomic mass is 15.0. The van der Waals surface area contributed by atoms with Crippen molar-refractivity contribution in [1.29, 1.82) is 0 Å². The molecule has 0 aliphatic carbocycles. The molecule has 2 nitrogen and oxygen atoms in total. The van der Waals surface area contributed by atoms with Gasteiger partial charge in [0.15, 0.2) is 0 Å². The largest absolute Gasteiger partial charge is 0.309 e. The number of rotatable bonds is 4. The van der Waals surface area contributed by atoms with Crippen LogP contribution in [-0.2, 0) is 0 Å². The van der Waals surface area contributed by atoms with Crippen LogP contribution in [0.3, 0.4) is 0 Å². The van der Waals surface area contributed by atoms with Gasteiger partial charge in [-0.15, -0.1) is 0 Å². The molecule has 0 aliphatic heterocycles. The number of aliphatic imine (C=N–C) groups is 1. The van der Waals surface area contributed by atoms with E-state index in [0.717, 1.165) is 19.5 Å². The Morgan fingerprint density at radius 2 is 2.11 bits per heavy atom. The standard InChI is InChI=1S/C7H16N2/c1-4-8-6-5-7-9(2)3/h6H,4-5,7H2,1-3H3. The topological polar surface area (TPSA) is 15.6 Å². The maximum atomic E-state index is 4.09. The van der Waals surface area contributed by atoms with Gasteiger partial charge in [-0.1, -0.05) is 0 Å². The Balaban J connectivity index is 2.99. The smallest absolute Gasteiger partial charge is 0.0357 e. The molecule has 0 unspecified atom stereocenters. The fraction of sp³-hybridized carbons (Fsp3) is 0.857. The normalized spacial score (nSPS) is 11.6. The minimum absolute atomic E-state index is 0.910. The first-order valence-electron chi connectivity index (χ1n) is 3.40. The molecule has 0 saturated carbocycles. The molecule has 0 heterocycles. The molecule has 0 aliphatic rings. The molecule has 0 rings (SSSR count). The second-order valence-electron chi connectivity index (χ2n) is 2.27. The Hall–Kier alpha value is -0.370. The van der Waals surface area contributed by atoms with Crippen LogP contribution in [0.4, 0.5) is 0 Å². The maximum Gasteiger partial charge on any atom is 0.0357 e. The van der Waals surface area contributed by atoms with Gasteiger partial charge < -0.3 is 4.90 Å². The van der Waals surface area contributed by atoms with Gasteiger partial charge in [0, 0.05) is 13.1 Å². The lowest BCUT2D eigenvalue weighted by atomic mass is 10.4. The zero-order chi connectivity index (χ0) is 7.11.